The molecular formula is C11H20Cl2N4O. The molecule has 0 aliphatic carbocycles. The molecule has 0 aromatic carbocycles. The predicted molar refractivity (Wildman–Crippen MR) is 74.5 cm³/mol. The molecule has 7 heteroatoms. The first-order chi connectivity index (χ1) is 7.93. The second-order valence-corrected chi connectivity index (χ2v) is 4.40. The number of halogens is 2. The van der Waals surface area contributed by atoms with E-state index in [9.17, 15) is 0 Å². The third-order valence-electron chi connectivity index (χ3n) is 3.33. The number of aromatic nitrogens is 2. The second kappa shape index (κ2) is 7.31. The van der Waals surface area contributed by atoms with Gasteiger partial charge in [0.05, 0.1) is 30.9 Å². The van der Waals surface area contributed by atoms with Crippen molar-refractivity contribution in [1.82, 2.24) is 19.8 Å². The maximum atomic E-state index is 5.35. The second-order valence-electron chi connectivity index (χ2n) is 4.40. The third-order valence-corrected chi connectivity index (χ3v) is 3.33. The first-order valence-corrected chi connectivity index (χ1v) is 5.97. The zero-order valence-electron chi connectivity index (χ0n) is 10.3. The molecule has 3 heterocycles. The molecule has 1 aromatic rings. The van der Waals surface area contributed by atoms with Crippen molar-refractivity contribution in [1.29, 1.82) is 0 Å². The molecule has 0 amide bonds. The highest BCUT2D eigenvalue weighted by atomic mass is 35.5. The molecule has 0 radical (unpaired) electrons. The summed E-state index contributed by atoms with van der Waals surface area (Å²) in [6.45, 7) is 7.79. The first kappa shape index (κ1) is 15.7. The largest absolute Gasteiger partial charge is 0.379 e. The van der Waals surface area contributed by atoms with Crippen LogP contribution in [0.15, 0.2) is 6.33 Å². The van der Waals surface area contributed by atoms with Gasteiger partial charge in [-0.15, -0.1) is 24.8 Å². The van der Waals surface area contributed by atoms with Crippen LogP contribution in [0.25, 0.3) is 0 Å². The average Bonchev–Trinajstić information content (AvgIpc) is 2.74. The number of fused-ring (bicyclic) bond motifs is 1. The number of hydrogen-bond acceptors (Lipinski definition) is 4. The van der Waals surface area contributed by atoms with E-state index in [4.69, 9.17) is 4.74 Å². The van der Waals surface area contributed by atoms with E-state index in [0.717, 1.165) is 52.5 Å². The van der Waals surface area contributed by atoms with Gasteiger partial charge < -0.3 is 14.6 Å². The van der Waals surface area contributed by atoms with Gasteiger partial charge in [0.2, 0.25) is 0 Å². The molecule has 5 nitrogen and oxygen atoms in total. The van der Waals surface area contributed by atoms with E-state index < -0.39 is 0 Å². The van der Waals surface area contributed by atoms with Crippen molar-refractivity contribution in [3.05, 3.63) is 17.7 Å². The van der Waals surface area contributed by atoms with Crippen molar-refractivity contribution in [3.8, 4) is 0 Å². The van der Waals surface area contributed by atoms with E-state index >= 15 is 0 Å². The highest BCUT2D eigenvalue weighted by Crippen LogP contribution is 2.13. The van der Waals surface area contributed by atoms with E-state index in [2.05, 4.69) is 19.8 Å². The van der Waals surface area contributed by atoms with Gasteiger partial charge in [-0.2, -0.15) is 0 Å². The van der Waals surface area contributed by atoms with Crippen LogP contribution in [-0.2, 0) is 24.4 Å². The Morgan fingerprint density at radius 1 is 1.22 bits per heavy atom. The SMILES string of the molecule is Cl.Cl.c1nc(CN2CCOCC2)c2n1CCNC2. The zero-order valence-corrected chi connectivity index (χ0v) is 11.9. The molecule has 0 saturated carbocycles. The van der Waals surface area contributed by atoms with Crippen molar-refractivity contribution >= 4 is 24.8 Å². The quantitative estimate of drug-likeness (QED) is 0.870. The number of morpholine rings is 1. The Morgan fingerprint density at radius 3 is 2.78 bits per heavy atom. The van der Waals surface area contributed by atoms with Crippen molar-refractivity contribution in [2.75, 3.05) is 32.8 Å². The van der Waals surface area contributed by atoms with Crippen LogP contribution in [0.5, 0.6) is 0 Å². The molecule has 2 aliphatic heterocycles. The fourth-order valence-electron chi connectivity index (χ4n) is 2.36. The Bertz CT molecular complexity index is 366. The van der Waals surface area contributed by atoms with E-state index in [1.807, 2.05) is 6.33 Å². The smallest absolute Gasteiger partial charge is 0.0953 e. The summed E-state index contributed by atoms with van der Waals surface area (Å²) in [5.41, 5.74) is 2.59. The Labute approximate surface area is 120 Å². The van der Waals surface area contributed by atoms with Crippen molar-refractivity contribution in [3.63, 3.8) is 0 Å². The van der Waals surface area contributed by atoms with Crippen LogP contribution in [0, 0.1) is 0 Å². The summed E-state index contributed by atoms with van der Waals surface area (Å²) >= 11 is 0. The summed E-state index contributed by atoms with van der Waals surface area (Å²) in [7, 11) is 0. The number of imidazole rings is 1. The lowest BCUT2D eigenvalue weighted by Gasteiger charge is -2.26. The van der Waals surface area contributed by atoms with E-state index in [0.29, 0.717) is 0 Å². The number of nitrogens with one attached hydrogen (secondary N) is 1. The van der Waals surface area contributed by atoms with Crippen LogP contribution < -0.4 is 5.32 Å². The van der Waals surface area contributed by atoms with E-state index in [1.165, 1.54) is 11.4 Å². The number of rotatable bonds is 2. The van der Waals surface area contributed by atoms with Crippen molar-refractivity contribution < 1.29 is 4.74 Å². The van der Waals surface area contributed by atoms with Gasteiger partial charge >= 0.3 is 0 Å². The minimum Gasteiger partial charge on any atom is -0.379 e. The van der Waals surface area contributed by atoms with E-state index in [-0.39, 0.29) is 24.8 Å². The minimum absolute atomic E-state index is 0. The van der Waals surface area contributed by atoms with Crippen LogP contribution >= 0.6 is 24.8 Å². The zero-order chi connectivity index (χ0) is 10.8. The Kier molecular flexibility index (Phi) is 6.38. The molecule has 3 rings (SSSR count). The third kappa shape index (κ3) is 3.36. The van der Waals surface area contributed by atoms with Gasteiger partial charge in [0.25, 0.3) is 0 Å². The molecule has 1 N–H and O–H groups in total. The molecule has 18 heavy (non-hydrogen) atoms. The summed E-state index contributed by atoms with van der Waals surface area (Å²) in [4.78, 5) is 6.95. The fraction of sp³-hybridized carbons (Fsp3) is 0.727. The molecule has 0 unspecified atom stereocenters. The van der Waals surface area contributed by atoms with Gasteiger partial charge in [0.1, 0.15) is 0 Å². The lowest BCUT2D eigenvalue weighted by atomic mass is 10.2. The summed E-state index contributed by atoms with van der Waals surface area (Å²) in [5.74, 6) is 0. The maximum Gasteiger partial charge on any atom is 0.0953 e. The standard InChI is InChI=1S/C11H18N4O.2ClH/c1-2-15-9-13-10(11(15)7-12-1)8-14-3-5-16-6-4-14;;/h9,12H,1-8H2;2*1H. The van der Waals surface area contributed by atoms with E-state index in [1.54, 1.807) is 0 Å². The molecular weight excluding hydrogens is 275 g/mol. The van der Waals surface area contributed by atoms with Gasteiger partial charge in [0, 0.05) is 39.3 Å². The summed E-state index contributed by atoms with van der Waals surface area (Å²) < 4.78 is 7.62. The lowest BCUT2D eigenvalue weighted by Crippen LogP contribution is -2.36. The molecule has 0 bridgehead atoms. The molecule has 0 spiro atoms. The van der Waals surface area contributed by atoms with Gasteiger partial charge in [-0.25, -0.2) is 4.98 Å². The Balaban J connectivity index is 0.000000810. The Hall–Kier alpha value is -0.330. The topological polar surface area (TPSA) is 42.3 Å². The summed E-state index contributed by atoms with van der Waals surface area (Å²) in [5, 5.41) is 3.40. The number of ether oxygens (including phenoxy) is 1. The van der Waals surface area contributed by atoms with Crippen LogP contribution in [0.4, 0.5) is 0 Å². The molecule has 2 aliphatic rings. The Morgan fingerprint density at radius 2 is 2.00 bits per heavy atom. The number of nitrogens with zero attached hydrogens (tertiary/aromatic N) is 3. The maximum absolute atomic E-state index is 5.35. The van der Waals surface area contributed by atoms with Crippen LogP contribution in [-0.4, -0.2) is 47.3 Å². The monoisotopic (exact) mass is 294 g/mol. The van der Waals surface area contributed by atoms with Crippen LogP contribution in [0.3, 0.4) is 0 Å². The molecule has 0 atom stereocenters. The molecule has 104 valence electrons. The molecule has 1 saturated heterocycles. The predicted octanol–water partition coefficient (Wildman–Crippen LogP) is 0.662. The molecule has 1 aromatic heterocycles. The van der Waals surface area contributed by atoms with Gasteiger partial charge in [-0.05, 0) is 0 Å². The summed E-state index contributed by atoms with van der Waals surface area (Å²) in [6, 6.07) is 0. The fourth-order valence-corrected chi connectivity index (χ4v) is 2.36. The average molecular weight is 295 g/mol. The van der Waals surface area contributed by atoms with Crippen LogP contribution in [0.1, 0.15) is 11.4 Å². The van der Waals surface area contributed by atoms with Gasteiger partial charge in [0.15, 0.2) is 0 Å². The number of hydrogen-bond donors (Lipinski definition) is 1. The van der Waals surface area contributed by atoms with Gasteiger partial charge in [-0.3, -0.25) is 4.90 Å². The van der Waals surface area contributed by atoms with Crippen LogP contribution in [0.2, 0.25) is 0 Å². The highest BCUT2D eigenvalue weighted by Gasteiger charge is 2.18. The summed E-state index contributed by atoms with van der Waals surface area (Å²) in [6.07, 6.45) is 1.98. The normalized spacial score (nSPS) is 19.6. The van der Waals surface area contributed by atoms with Gasteiger partial charge in [-0.1, -0.05) is 0 Å². The van der Waals surface area contributed by atoms with Crippen molar-refractivity contribution in [2.24, 2.45) is 0 Å². The first-order valence-electron chi connectivity index (χ1n) is 5.97. The van der Waals surface area contributed by atoms with Crippen molar-refractivity contribution in [2.45, 2.75) is 19.6 Å². The minimum atomic E-state index is 0. The lowest BCUT2D eigenvalue weighted by molar-refractivity contribution is 0.0335. The molecule has 1 fully saturated rings. The highest BCUT2D eigenvalue weighted by molar-refractivity contribution is 5.85.